The zero-order valence-electron chi connectivity index (χ0n) is 16.7. The van der Waals surface area contributed by atoms with Gasteiger partial charge in [0.05, 0.1) is 25.8 Å². The van der Waals surface area contributed by atoms with Crippen molar-refractivity contribution >= 4 is 23.5 Å². The van der Waals surface area contributed by atoms with E-state index in [1.54, 1.807) is 24.3 Å². The zero-order chi connectivity index (χ0) is 20.4. The molecule has 8 heteroatoms. The molecule has 0 aromatic heterocycles. The second-order valence-electron chi connectivity index (χ2n) is 6.87. The van der Waals surface area contributed by atoms with E-state index in [-0.39, 0.29) is 11.8 Å². The molecule has 2 N–H and O–H groups in total. The summed E-state index contributed by atoms with van der Waals surface area (Å²) in [6.45, 7) is 6.57. The van der Waals surface area contributed by atoms with Gasteiger partial charge >= 0.3 is 5.97 Å². The van der Waals surface area contributed by atoms with Crippen LogP contribution in [0.15, 0.2) is 24.3 Å². The Morgan fingerprint density at radius 1 is 0.964 bits per heavy atom. The predicted molar refractivity (Wildman–Crippen MR) is 107 cm³/mol. The summed E-state index contributed by atoms with van der Waals surface area (Å²) >= 11 is 0. The van der Waals surface area contributed by atoms with Crippen LogP contribution in [-0.2, 0) is 14.3 Å². The minimum atomic E-state index is -0.408. The molecule has 0 saturated carbocycles. The van der Waals surface area contributed by atoms with Gasteiger partial charge in [0.15, 0.2) is 0 Å². The monoisotopic (exact) mass is 390 g/mol. The topological polar surface area (TPSA) is 91.0 Å². The first-order valence-corrected chi connectivity index (χ1v) is 9.71. The number of hydrogen-bond acceptors (Lipinski definition) is 6. The van der Waals surface area contributed by atoms with Gasteiger partial charge in [-0.2, -0.15) is 0 Å². The van der Waals surface area contributed by atoms with Gasteiger partial charge in [0.2, 0.25) is 11.8 Å². The maximum absolute atomic E-state index is 12.2. The van der Waals surface area contributed by atoms with Crippen LogP contribution in [0.25, 0.3) is 0 Å². The van der Waals surface area contributed by atoms with E-state index in [4.69, 9.17) is 0 Å². The lowest BCUT2D eigenvalue weighted by Crippen LogP contribution is -2.51. The molecule has 2 rings (SSSR count). The Hall–Kier alpha value is -2.45. The molecule has 1 aliphatic heterocycles. The van der Waals surface area contributed by atoms with Crippen molar-refractivity contribution in [3.05, 3.63) is 29.8 Å². The van der Waals surface area contributed by atoms with Crippen molar-refractivity contribution in [1.82, 2.24) is 15.1 Å². The highest BCUT2D eigenvalue weighted by Crippen LogP contribution is 2.11. The Kier molecular flexibility index (Phi) is 8.90. The van der Waals surface area contributed by atoms with Gasteiger partial charge < -0.3 is 15.4 Å². The molecular formula is C20H30N4O4. The standard InChI is InChI=1S/C20H30N4O4/c1-3-4-9-21-18(25)14-23-10-12-24(13-11-23)15-19(26)22-17-7-5-16(6-8-17)20(27)28-2/h5-8H,3-4,9-15H2,1-2H3,(H,21,25)(H,22,26). The fraction of sp³-hybridized carbons (Fsp3) is 0.550. The number of carbonyl (C=O) groups excluding carboxylic acids is 3. The Bertz CT molecular complexity index is 655. The van der Waals surface area contributed by atoms with E-state index in [9.17, 15) is 14.4 Å². The van der Waals surface area contributed by atoms with Crippen LogP contribution in [0.4, 0.5) is 5.69 Å². The summed E-state index contributed by atoms with van der Waals surface area (Å²) in [5.74, 6) is -0.443. The van der Waals surface area contributed by atoms with Gasteiger partial charge in [0.25, 0.3) is 0 Å². The van der Waals surface area contributed by atoms with E-state index in [1.165, 1.54) is 7.11 Å². The van der Waals surface area contributed by atoms with E-state index in [0.29, 0.717) is 24.3 Å². The Morgan fingerprint density at radius 3 is 2.07 bits per heavy atom. The SMILES string of the molecule is CCCCNC(=O)CN1CCN(CC(=O)Nc2ccc(C(=O)OC)cc2)CC1. The number of unbranched alkanes of at least 4 members (excludes halogenated alkanes) is 1. The lowest BCUT2D eigenvalue weighted by Gasteiger charge is -2.33. The van der Waals surface area contributed by atoms with Crippen LogP contribution in [0.1, 0.15) is 30.1 Å². The number of methoxy groups -OCH3 is 1. The van der Waals surface area contributed by atoms with E-state index >= 15 is 0 Å². The number of ether oxygens (including phenoxy) is 1. The van der Waals surface area contributed by atoms with Crippen molar-refractivity contribution in [3.8, 4) is 0 Å². The molecule has 0 radical (unpaired) electrons. The minimum Gasteiger partial charge on any atom is -0.465 e. The van der Waals surface area contributed by atoms with Gasteiger partial charge in [-0.15, -0.1) is 0 Å². The number of nitrogens with one attached hydrogen (secondary N) is 2. The molecule has 0 unspecified atom stereocenters. The molecule has 0 bridgehead atoms. The molecule has 154 valence electrons. The van der Waals surface area contributed by atoms with Crippen molar-refractivity contribution < 1.29 is 19.1 Å². The van der Waals surface area contributed by atoms with Crippen molar-refractivity contribution in [1.29, 1.82) is 0 Å². The van der Waals surface area contributed by atoms with E-state index in [2.05, 4.69) is 32.1 Å². The molecule has 0 spiro atoms. The molecule has 8 nitrogen and oxygen atoms in total. The minimum absolute atomic E-state index is 0.0649. The first kappa shape index (κ1) is 21.8. The second-order valence-corrected chi connectivity index (χ2v) is 6.87. The summed E-state index contributed by atoms with van der Waals surface area (Å²) in [7, 11) is 1.33. The lowest BCUT2D eigenvalue weighted by molar-refractivity contribution is -0.123. The Labute approximate surface area is 166 Å². The average Bonchev–Trinajstić information content (AvgIpc) is 2.69. The third kappa shape index (κ3) is 7.28. The Morgan fingerprint density at radius 2 is 1.54 bits per heavy atom. The van der Waals surface area contributed by atoms with E-state index in [0.717, 1.165) is 45.6 Å². The number of esters is 1. The average molecular weight is 390 g/mol. The van der Waals surface area contributed by atoms with Gasteiger partial charge in [0, 0.05) is 38.4 Å². The fourth-order valence-corrected chi connectivity index (χ4v) is 2.98. The third-order valence-electron chi connectivity index (χ3n) is 4.64. The lowest BCUT2D eigenvalue weighted by atomic mass is 10.2. The predicted octanol–water partition coefficient (Wildman–Crippen LogP) is 0.946. The molecule has 28 heavy (non-hydrogen) atoms. The van der Waals surface area contributed by atoms with Crippen molar-refractivity contribution in [3.63, 3.8) is 0 Å². The number of benzene rings is 1. The number of anilines is 1. The summed E-state index contributed by atoms with van der Waals surface area (Å²) in [4.78, 5) is 39.7. The highest BCUT2D eigenvalue weighted by molar-refractivity contribution is 5.94. The van der Waals surface area contributed by atoms with Gasteiger partial charge in [-0.3, -0.25) is 19.4 Å². The summed E-state index contributed by atoms with van der Waals surface area (Å²) < 4.78 is 4.65. The van der Waals surface area contributed by atoms with Crippen molar-refractivity contribution in [2.75, 3.05) is 58.2 Å². The third-order valence-corrected chi connectivity index (χ3v) is 4.64. The van der Waals surface area contributed by atoms with Crippen LogP contribution in [0, 0.1) is 0 Å². The normalized spacial score (nSPS) is 15.1. The molecule has 1 saturated heterocycles. The highest BCUT2D eigenvalue weighted by Gasteiger charge is 2.20. The number of hydrogen-bond donors (Lipinski definition) is 2. The first-order chi connectivity index (χ1) is 13.5. The quantitative estimate of drug-likeness (QED) is 0.482. The molecule has 1 fully saturated rings. The van der Waals surface area contributed by atoms with Crippen LogP contribution in [-0.4, -0.2) is 80.5 Å². The summed E-state index contributed by atoms with van der Waals surface area (Å²) in [5.41, 5.74) is 1.08. The first-order valence-electron chi connectivity index (χ1n) is 9.71. The molecule has 0 atom stereocenters. The zero-order valence-corrected chi connectivity index (χ0v) is 16.7. The molecule has 1 aromatic rings. The second kappa shape index (κ2) is 11.4. The van der Waals surface area contributed by atoms with E-state index < -0.39 is 5.97 Å². The molecule has 2 amide bonds. The van der Waals surface area contributed by atoms with Crippen LogP contribution in [0.3, 0.4) is 0 Å². The molecule has 0 aliphatic carbocycles. The van der Waals surface area contributed by atoms with Gasteiger partial charge in [0.1, 0.15) is 0 Å². The number of piperazine rings is 1. The Balaban J connectivity index is 1.68. The molecular weight excluding hydrogens is 360 g/mol. The molecule has 1 aliphatic rings. The van der Waals surface area contributed by atoms with Crippen LogP contribution in [0.5, 0.6) is 0 Å². The van der Waals surface area contributed by atoms with Crippen LogP contribution in [0.2, 0.25) is 0 Å². The number of rotatable bonds is 9. The number of nitrogens with zero attached hydrogens (tertiary/aromatic N) is 2. The van der Waals surface area contributed by atoms with Gasteiger partial charge in [-0.25, -0.2) is 4.79 Å². The smallest absolute Gasteiger partial charge is 0.337 e. The highest BCUT2D eigenvalue weighted by atomic mass is 16.5. The van der Waals surface area contributed by atoms with E-state index in [1.807, 2.05) is 0 Å². The largest absolute Gasteiger partial charge is 0.465 e. The van der Waals surface area contributed by atoms with Gasteiger partial charge in [-0.05, 0) is 30.7 Å². The van der Waals surface area contributed by atoms with Crippen molar-refractivity contribution in [2.45, 2.75) is 19.8 Å². The number of amides is 2. The van der Waals surface area contributed by atoms with Crippen LogP contribution >= 0.6 is 0 Å². The summed E-state index contributed by atoms with van der Waals surface area (Å²) in [5, 5.41) is 5.76. The number of carbonyl (C=O) groups is 3. The van der Waals surface area contributed by atoms with Crippen LogP contribution < -0.4 is 10.6 Å². The summed E-state index contributed by atoms with van der Waals surface area (Å²) in [6, 6.07) is 6.59. The molecule has 1 aromatic carbocycles. The summed E-state index contributed by atoms with van der Waals surface area (Å²) in [6.07, 6.45) is 2.07. The maximum Gasteiger partial charge on any atom is 0.337 e. The van der Waals surface area contributed by atoms with Crippen molar-refractivity contribution in [2.24, 2.45) is 0 Å². The van der Waals surface area contributed by atoms with Gasteiger partial charge in [-0.1, -0.05) is 13.3 Å². The fourth-order valence-electron chi connectivity index (χ4n) is 2.98. The maximum atomic E-state index is 12.2. The molecule has 1 heterocycles.